The van der Waals surface area contributed by atoms with Gasteiger partial charge in [-0.25, -0.2) is 0 Å². The summed E-state index contributed by atoms with van der Waals surface area (Å²) < 4.78 is 9.73. The Balaban J connectivity index is 2.60. The Bertz CT molecular complexity index is 846. The number of ketones is 1. The number of carbonyl (C=O) groups is 3. The van der Waals surface area contributed by atoms with E-state index in [2.05, 4.69) is 0 Å². The van der Waals surface area contributed by atoms with E-state index in [1.807, 2.05) is 6.92 Å². The van der Waals surface area contributed by atoms with Gasteiger partial charge in [0.25, 0.3) is 0 Å². The van der Waals surface area contributed by atoms with Gasteiger partial charge < -0.3 is 9.47 Å². The molecule has 2 rings (SSSR count). The molecule has 0 spiro atoms. The third-order valence-corrected chi connectivity index (χ3v) is 5.37. The van der Waals surface area contributed by atoms with Crippen molar-refractivity contribution in [3.05, 3.63) is 69.7 Å². The maximum atomic E-state index is 13.3. The molecule has 0 N–H and O–H groups in total. The number of esters is 2. The molecule has 0 aromatic heterocycles. The quantitative estimate of drug-likeness (QED) is 0.332. The maximum absolute atomic E-state index is 13.3. The molecule has 0 radical (unpaired) electrons. The van der Waals surface area contributed by atoms with Crippen LogP contribution in [0, 0.1) is 11.8 Å². The number of halogens is 2. The summed E-state index contributed by atoms with van der Waals surface area (Å²) in [6.45, 7) is 1.83. The fraction of sp³-hybridized carbons (Fsp3) is 0.318. The van der Waals surface area contributed by atoms with E-state index >= 15 is 0 Å². The Morgan fingerprint density at radius 1 is 0.828 bits per heavy atom. The van der Waals surface area contributed by atoms with E-state index in [4.69, 9.17) is 32.7 Å². The molecule has 2 aromatic carbocycles. The fourth-order valence-corrected chi connectivity index (χ4v) is 3.67. The summed E-state index contributed by atoms with van der Waals surface area (Å²) in [6, 6.07) is 13.2. The van der Waals surface area contributed by atoms with E-state index in [9.17, 15) is 14.4 Å². The zero-order valence-corrected chi connectivity index (χ0v) is 17.9. The summed E-state index contributed by atoms with van der Waals surface area (Å²) in [4.78, 5) is 38.4. The molecule has 0 saturated heterocycles. The van der Waals surface area contributed by atoms with Crippen LogP contribution in [0.5, 0.6) is 0 Å². The molecule has 0 bridgehead atoms. The Hall–Kier alpha value is -2.37. The first-order valence-corrected chi connectivity index (χ1v) is 9.80. The van der Waals surface area contributed by atoms with Crippen molar-refractivity contribution in [3.8, 4) is 0 Å². The molecule has 0 aliphatic heterocycles. The molecule has 29 heavy (non-hydrogen) atoms. The largest absolute Gasteiger partial charge is 0.468 e. The van der Waals surface area contributed by atoms with Crippen LogP contribution in [0.25, 0.3) is 0 Å². The molecule has 0 unspecified atom stereocenters. The van der Waals surface area contributed by atoms with Gasteiger partial charge in [0.1, 0.15) is 0 Å². The van der Waals surface area contributed by atoms with Gasteiger partial charge in [-0.2, -0.15) is 0 Å². The molecule has 154 valence electrons. The molecule has 7 heteroatoms. The molecule has 0 amide bonds. The van der Waals surface area contributed by atoms with Crippen LogP contribution < -0.4 is 0 Å². The van der Waals surface area contributed by atoms with Crippen molar-refractivity contribution in [2.45, 2.75) is 19.3 Å². The summed E-state index contributed by atoms with van der Waals surface area (Å²) in [6.07, 6.45) is 0.388. The molecular weight excluding hydrogens is 415 g/mol. The minimum absolute atomic E-state index is 0.207. The number of ether oxygens (including phenoxy) is 2. The normalized spacial score (nSPS) is 12.9. The van der Waals surface area contributed by atoms with E-state index in [0.29, 0.717) is 27.6 Å². The highest BCUT2D eigenvalue weighted by Gasteiger charge is 2.44. The van der Waals surface area contributed by atoms with Gasteiger partial charge >= 0.3 is 11.9 Å². The Labute approximate surface area is 179 Å². The first kappa shape index (κ1) is 22.9. The number of benzene rings is 2. The minimum Gasteiger partial charge on any atom is -0.468 e. The van der Waals surface area contributed by atoms with Crippen molar-refractivity contribution in [1.82, 2.24) is 0 Å². The molecule has 0 heterocycles. The number of Topliss-reactive ketones (excluding diaryl/α,β-unsaturated/α-hetero) is 1. The van der Waals surface area contributed by atoms with Gasteiger partial charge in [0.05, 0.1) is 14.2 Å². The van der Waals surface area contributed by atoms with E-state index in [-0.39, 0.29) is 5.78 Å². The SMILES string of the molecule is CC[C@@H](C(=O)c1ccc(Cl)cc1)[C@H](c1ccc(Cl)cc1)C(C(=O)OC)C(=O)OC. The van der Waals surface area contributed by atoms with Crippen LogP contribution in [-0.4, -0.2) is 31.9 Å². The lowest BCUT2D eigenvalue weighted by molar-refractivity contribution is -0.160. The number of hydrogen-bond acceptors (Lipinski definition) is 5. The monoisotopic (exact) mass is 436 g/mol. The number of hydrogen-bond donors (Lipinski definition) is 0. The van der Waals surface area contributed by atoms with Crippen LogP contribution >= 0.6 is 23.2 Å². The number of methoxy groups -OCH3 is 2. The third kappa shape index (κ3) is 5.37. The van der Waals surface area contributed by atoms with E-state index in [1.165, 1.54) is 14.2 Å². The zero-order valence-electron chi connectivity index (χ0n) is 16.4. The van der Waals surface area contributed by atoms with Gasteiger partial charge in [0.2, 0.25) is 0 Å². The summed E-state index contributed by atoms with van der Waals surface area (Å²) in [5, 5.41) is 1.00. The molecule has 0 aliphatic rings. The summed E-state index contributed by atoms with van der Waals surface area (Å²) in [7, 11) is 2.39. The molecule has 0 saturated carbocycles. The second kappa shape index (κ2) is 10.4. The number of rotatable bonds is 8. The van der Waals surface area contributed by atoms with Gasteiger partial charge in [0, 0.05) is 27.4 Å². The molecule has 5 nitrogen and oxygen atoms in total. The molecule has 2 aromatic rings. The topological polar surface area (TPSA) is 69.7 Å². The second-order valence-electron chi connectivity index (χ2n) is 6.49. The highest BCUT2D eigenvalue weighted by atomic mass is 35.5. The fourth-order valence-electron chi connectivity index (χ4n) is 3.42. The van der Waals surface area contributed by atoms with E-state index in [1.54, 1.807) is 48.5 Å². The smallest absolute Gasteiger partial charge is 0.320 e. The van der Waals surface area contributed by atoms with Crippen LogP contribution in [0.3, 0.4) is 0 Å². The lowest BCUT2D eigenvalue weighted by Crippen LogP contribution is -2.38. The van der Waals surface area contributed by atoms with Crippen LogP contribution in [0.1, 0.15) is 35.2 Å². The first-order chi connectivity index (χ1) is 13.8. The lowest BCUT2D eigenvalue weighted by atomic mass is 9.72. The van der Waals surface area contributed by atoms with Crippen molar-refractivity contribution in [1.29, 1.82) is 0 Å². The Morgan fingerprint density at radius 3 is 1.69 bits per heavy atom. The first-order valence-electron chi connectivity index (χ1n) is 9.04. The molecule has 2 atom stereocenters. The van der Waals surface area contributed by atoms with Gasteiger partial charge in [-0.3, -0.25) is 14.4 Å². The average Bonchev–Trinajstić information content (AvgIpc) is 2.73. The van der Waals surface area contributed by atoms with Crippen molar-refractivity contribution in [2.24, 2.45) is 11.8 Å². The van der Waals surface area contributed by atoms with Gasteiger partial charge in [-0.15, -0.1) is 0 Å². The van der Waals surface area contributed by atoms with Crippen LogP contribution in [-0.2, 0) is 19.1 Å². The molecule has 0 aliphatic carbocycles. The van der Waals surface area contributed by atoms with Crippen LogP contribution in [0.4, 0.5) is 0 Å². The second-order valence-corrected chi connectivity index (χ2v) is 7.36. The van der Waals surface area contributed by atoms with Crippen molar-refractivity contribution in [3.63, 3.8) is 0 Å². The Kier molecular flexibility index (Phi) is 8.23. The number of carbonyl (C=O) groups excluding carboxylic acids is 3. The van der Waals surface area contributed by atoms with E-state index in [0.717, 1.165) is 0 Å². The van der Waals surface area contributed by atoms with Crippen molar-refractivity contribution >= 4 is 40.9 Å². The molecule has 0 fully saturated rings. The van der Waals surface area contributed by atoms with Crippen LogP contribution in [0.15, 0.2) is 48.5 Å². The highest BCUT2D eigenvalue weighted by Crippen LogP contribution is 2.38. The predicted octanol–water partition coefficient (Wildman–Crippen LogP) is 4.95. The summed E-state index contributed by atoms with van der Waals surface area (Å²) in [5.74, 6) is -4.51. The third-order valence-electron chi connectivity index (χ3n) is 4.86. The summed E-state index contributed by atoms with van der Waals surface area (Å²) in [5.41, 5.74) is 1.05. The van der Waals surface area contributed by atoms with Crippen molar-refractivity contribution < 1.29 is 23.9 Å². The average molecular weight is 437 g/mol. The maximum Gasteiger partial charge on any atom is 0.320 e. The standard InChI is InChI=1S/C22H22Cl2O5/c1-4-17(20(25)14-7-11-16(24)12-8-14)18(13-5-9-15(23)10-6-13)19(21(26)28-2)22(27)29-3/h5-12,17-19H,4H2,1-3H3/t17-,18+/m1/s1. The van der Waals surface area contributed by atoms with Gasteiger partial charge in [0.15, 0.2) is 11.7 Å². The Morgan fingerprint density at radius 2 is 1.28 bits per heavy atom. The van der Waals surface area contributed by atoms with E-state index < -0.39 is 29.7 Å². The van der Waals surface area contributed by atoms with Crippen LogP contribution in [0.2, 0.25) is 10.0 Å². The van der Waals surface area contributed by atoms with Gasteiger partial charge in [-0.1, -0.05) is 42.3 Å². The molecular formula is C22H22Cl2O5. The zero-order chi connectivity index (χ0) is 21.6. The minimum atomic E-state index is -1.30. The van der Waals surface area contributed by atoms with Gasteiger partial charge in [-0.05, 0) is 48.4 Å². The van der Waals surface area contributed by atoms with Crippen molar-refractivity contribution in [2.75, 3.05) is 14.2 Å². The summed E-state index contributed by atoms with van der Waals surface area (Å²) >= 11 is 11.9. The highest BCUT2D eigenvalue weighted by molar-refractivity contribution is 6.31. The lowest BCUT2D eigenvalue weighted by Gasteiger charge is -2.30. The predicted molar refractivity (Wildman–Crippen MR) is 111 cm³/mol.